The van der Waals surface area contributed by atoms with Crippen LogP contribution in [0.1, 0.15) is 16.9 Å². The largest absolute Gasteiger partial charge is 0.390 e. The van der Waals surface area contributed by atoms with Gasteiger partial charge in [0, 0.05) is 6.54 Å². The van der Waals surface area contributed by atoms with Gasteiger partial charge < -0.3 is 5.32 Å². The highest BCUT2D eigenvalue weighted by Gasteiger charge is 2.26. The molecule has 0 aliphatic carbocycles. The zero-order valence-electron chi connectivity index (χ0n) is 7.88. The van der Waals surface area contributed by atoms with Crippen LogP contribution in [0.3, 0.4) is 0 Å². The molecule has 0 aromatic carbocycles. The predicted molar refractivity (Wildman–Crippen MR) is 52.7 cm³/mol. The number of aromatic nitrogens is 2. The molecule has 4 nitrogen and oxygen atoms in total. The minimum Gasteiger partial charge on any atom is -0.350 e. The van der Waals surface area contributed by atoms with Crippen molar-refractivity contribution in [2.24, 2.45) is 0 Å². The second-order valence-electron chi connectivity index (χ2n) is 2.85. The lowest BCUT2D eigenvalue weighted by Crippen LogP contribution is -2.28. The molecule has 1 aromatic heterocycles. The standard InChI is InChI=1S/C8H7BrF3N3O/c9-6-4-14-5(3-15-6)7(16)13-2-1-8(10,11)12/h3-4H,1-2H2,(H,13,16). The van der Waals surface area contributed by atoms with E-state index in [1.165, 1.54) is 12.4 Å². The number of amides is 1. The Balaban J connectivity index is 2.44. The Kier molecular flexibility index (Phi) is 4.22. The molecule has 0 unspecified atom stereocenters. The van der Waals surface area contributed by atoms with Crippen LogP contribution in [0.15, 0.2) is 17.0 Å². The molecule has 0 aliphatic rings. The molecular formula is C8H7BrF3N3O. The van der Waals surface area contributed by atoms with Gasteiger partial charge in [0.05, 0.1) is 18.8 Å². The van der Waals surface area contributed by atoms with Gasteiger partial charge in [-0.2, -0.15) is 13.2 Å². The number of nitrogens with zero attached hydrogens (tertiary/aromatic N) is 2. The Bertz CT molecular complexity index is 366. The van der Waals surface area contributed by atoms with Crippen LogP contribution in [-0.4, -0.2) is 28.6 Å². The monoisotopic (exact) mass is 297 g/mol. The van der Waals surface area contributed by atoms with Crippen LogP contribution in [-0.2, 0) is 0 Å². The first-order valence-corrected chi connectivity index (χ1v) is 5.00. The van der Waals surface area contributed by atoms with Crippen molar-refractivity contribution >= 4 is 21.8 Å². The Labute approximate surface area is 97.4 Å². The molecule has 0 radical (unpaired) electrons. The maximum absolute atomic E-state index is 11.8. The number of carbonyl (C=O) groups is 1. The van der Waals surface area contributed by atoms with Crippen LogP contribution in [0.25, 0.3) is 0 Å². The second kappa shape index (κ2) is 5.24. The molecule has 0 atom stereocenters. The molecule has 1 N–H and O–H groups in total. The van der Waals surface area contributed by atoms with Crippen LogP contribution in [0.5, 0.6) is 0 Å². The Hall–Kier alpha value is -1.18. The van der Waals surface area contributed by atoms with Crippen molar-refractivity contribution in [1.82, 2.24) is 15.3 Å². The van der Waals surface area contributed by atoms with Crippen LogP contribution in [0.2, 0.25) is 0 Å². The first kappa shape index (κ1) is 12.9. The molecule has 16 heavy (non-hydrogen) atoms. The lowest BCUT2D eigenvalue weighted by Gasteiger charge is -2.07. The lowest BCUT2D eigenvalue weighted by atomic mass is 10.3. The normalized spacial score (nSPS) is 11.2. The van der Waals surface area contributed by atoms with Gasteiger partial charge in [-0.05, 0) is 15.9 Å². The van der Waals surface area contributed by atoms with Gasteiger partial charge in [0.15, 0.2) is 0 Å². The molecule has 0 fully saturated rings. The zero-order valence-corrected chi connectivity index (χ0v) is 9.47. The lowest BCUT2D eigenvalue weighted by molar-refractivity contribution is -0.132. The van der Waals surface area contributed by atoms with E-state index in [1.54, 1.807) is 0 Å². The van der Waals surface area contributed by atoms with Crippen LogP contribution >= 0.6 is 15.9 Å². The Morgan fingerprint density at radius 2 is 2.06 bits per heavy atom. The Morgan fingerprint density at radius 1 is 1.38 bits per heavy atom. The number of halogens is 4. The van der Waals surface area contributed by atoms with Crippen molar-refractivity contribution in [3.05, 3.63) is 22.7 Å². The number of alkyl halides is 3. The number of hydrogen-bond acceptors (Lipinski definition) is 3. The van der Waals surface area contributed by atoms with Crippen LogP contribution < -0.4 is 5.32 Å². The summed E-state index contributed by atoms with van der Waals surface area (Å²) in [5, 5.41) is 2.10. The molecule has 1 heterocycles. The van der Waals surface area contributed by atoms with Crippen molar-refractivity contribution in [2.75, 3.05) is 6.54 Å². The molecule has 1 rings (SSSR count). The van der Waals surface area contributed by atoms with Gasteiger partial charge >= 0.3 is 6.18 Å². The van der Waals surface area contributed by atoms with Crippen molar-refractivity contribution in [3.63, 3.8) is 0 Å². The summed E-state index contributed by atoms with van der Waals surface area (Å²) >= 11 is 3.02. The number of hydrogen-bond donors (Lipinski definition) is 1. The zero-order chi connectivity index (χ0) is 12.2. The van der Waals surface area contributed by atoms with Gasteiger partial charge in [0.1, 0.15) is 10.3 Å². The third-order valence-electron chi connectivity index (χ3n) is 1.55. The molecule has 0 bridgehead atoms. The summed E-state index contributed by atoms with van der Waals surface area (Å²) in [6.07, 6.45) is -2.88. The first-order chi connectivity index (χ1) is 7.38. The highest BCUT2D eigenvalue weighted by Crippen LogP contribution is 2.18. The minimum atomic E-state index is -4.28. The quantitative estimate of drug-likeness (QED) is 0.927. The maximum atomic E-state index is 11.8. The molecule has 8 heteroatoms. The molecular weight excluding hydrogens is 291 g/mol. The summed E-state index contributed by atoms with van der Waals surface area (Å²) < 4.78 is 35.8. The average molecular weight is 298 g/mol. The summed E-state index contributed by atoms with van der Waals surface area (Å²) in [6.45, 7) is -0.472. The SMILES string of the molecule is O=C(NCCC(F)(F)F)c1cnc(Br)cn1. The Morgan fingerprint density at radius 3 is 2.56 bits per heavy atom. The van der Waals surface area contributed by atoms with Crippen molar-refractivity contribution in [1.29, 1.82) is 0 Å². The van der Waals surface area contributed by atoms with Crippen LogP contribution in [0, 0.1) is 0 Å². The van der Waals surface area contributed by atoms with E-state index >= 15 is 0 Å². The van der Waals surface area contributed by atoms with E-state index in [0.29, 0.717) is 4.60 Å². The summed E-state index contributed by atoms with van der Waals surface area (Å²) in [6, 6.07) is 0. The molecule has 0 aliphatic heterocycles. The van der Waals surface area contributed by atoms with Gasteiger partial charge in [0.25, 0.3) is 5.91 Å². The van der Waals surface area contributed by atoms with E-state index in [-0.39, 0.29) is 5.69 Å². The average Bonchev–Trinajstić information content (AvgIpc) is 2.16. The first-order valence-electron chi connectivity index (χ1n) is 4.21. The number of carbonyl (C=O) groups excluding carboxylic acids is 1. The number of rotatable bonds is 3. The van der Waals surface area contributed by atoms with Gasteiger partial charge in [-0.3, -0.25) is 4.79 Å². The molecule has 1 aromatic rings. The van der Waals surface area contributed by atoms with E-state index in [0.717, 1.165) is 0 Å². The summed E-state index contributed by atoms with van der Waals surface area (Å²) in [5.74, 6) is -0.677. The maximum Gasteiger partial charge on any atom is 0.390 e. The van der Waals surface area contributed by atoms with Crippen molar-refractivity contribution in [2.45, 2.75) is 12.6 Å². The fraction of sp³-hybridized carbons (Fsp3) is 0.375. The fourth-order valence-corrected chi connectivity index (χ4v) is 1.04. The highest BCUT2D eigenvalue weighted by molar-refractivity contribution is 9.10. The predicted octanol–water partition coefficient (Wildman–Crippen LogP) is 1.92. The van der Waals surface area contributed by atoms with Crippen molar-refractivity contribution < 1.29 is 18.0 Å². The van der Waals surface area contributed by atoms with E-state index in [2.05, 4.69) is 31.2 Å². The van der Waals surface area contributed by atoms with E-state index < -0.39 is 25.0 Å². The minimum absolute atomic E-state index is 0.0228. The van der Waals surface area contributed by atoms with Gasteiger partial charge in [-0.1, -0.05) is 0 Å². The summed E-state index contributed by atoms with van der Waals surface area (Å²) in [7, 11) is 0. The summed E-state index contributed by atoms with van der Waals surface area (Å²) in [5.41, 5.74) is -0.0228. The second-order valence-corrected chi connectivity index (χ2v) is 3.66. The van der Waals surface area contributed by atoms with E-state index in [1.807, 2.05) is 0 Å². The van der Waals surface area contributed by atoms with E-state index in [4.69, 9.17) is 0 Å². The molecule has 0 saturated carbocycles. The smallest absolute Gasteiger partial charge is 0.350 e. The summed E-state index contributed by atoms with van der Waals surface area (Å²) in [4.78, 5) is 18.7. The fourth-order valence-electron chi connectivity index (χ4n) is 0.838. The van der Waals surface area contributed by atoms with Crippen molar-refractivity contribution in [3.8, 4) is 0 Å². The topological polar surface area (TPSA) is 54.9 Å². The molecule has 88 valence electrons. The third-order valence-corrected chi connectivity index (χ3v) is 1.96. The highest BCUT2D eigenvalue weighted by atomic mass is 79.9. The van der Waals surface area contributed by atoms with Gasteiger partial charge in [-0.15, -0.1) is 0 Å². The molecule has 1 amide bonds. The molecule has 0 saturated heterocycles. The number of nitrogens with one attached hydrogen (secondary N) is 1. The van der Waals surface area contributed by atoms with Gasteiger partial charge in [-0.25, -0.2) is 9.97 Å². The van der Waals surface area contributed by atoms with Crippen LogP contribution in [0.4, 0.5) is 13.2 Å². The van der Waals surface area contributed by atoms with E-state index in [9.17, 15) is 18.0 Å². The third kappa shape index (κ3) is 4.56. The molecule has 0 spiro atoms. The van der Waals surface area contributed by atoms with Gasteiger partial charge in [0.2, 0.25) is 0 Å².